The minimum atomic E-state index is -0.345. The molecule has 5 heteroatoms. The molecule has 0 unspecified atom stereocenters. The standard InChI is InChI=1S/C15H13ClN2O2/c1-9(19)11-4-2-3-5-14(11)18-15(20)10-6-7-12(16)13(17)8-10/h2-8H,17H2,1H3,(H,18,20). The first kappa shape index (κ1) is 14.1. The number of ketones is 1. The van der Waals surface area contributed by atoms with Crippen LogP contribution in [-0.4, -0.2) is 11.7 Å². The van der Waals surface area contributed by atoms with Crippen LogP contribution in [0.1, 0.15) is 27.6 Å². The Hall–Kier alpha value is -2.33. The molecule has 0 saturated carbocycles. The molecule has 0 saturated heterocycles. The van der Waals surface area contributed by atoms with Gasteiger partial charge in [-0.15, -0.1) is 0 Å². The lowest BCUT2D eigenvalue weighted by atomic mass is 10.1. The summed E-state index contributed by atoms with van der Waals surface area (Å²) in [5.41, 5.74) is 7.31. The van der Waals surface area contributed by atoms with Gasteiger partial charge in [0.25, 0.3) is 5.91 Å². The van der Waals surface area contributed by atoms with E-state index in [1.54, 1.807) is 36.4 Å². The summed E-state index contributed by atoms with van der Waals surface area (Å²) in [5, 5.41) is 3.09. The van der Waals surface area contributed by atoms with Crippen LogP contribution >= 0.6 is 11.6 Å². The summed E-state index contributed by atoms with van der Waals surface area (Å²) in [6, 6.07) is 11.5. The highest BCUT2D eigenvalue weighted by atomic mass is 35.5. The summed E-state index contributed by atoms with van der Waals surface area (Å²) in [4.78, 5) is 23.6. The molecule has 0 bridgehead atoms. The van der Waals surface area contributed by atoms with Gasteiger partial charge in [0, 0.05) is 11.1 Å². The molecule has 102 valence electrons. The first-order valence-electron chi connectivity index (χ1n) is 5.95. The molecule has 0 aliphatic heterocycles. The van der Waals surface area contributed by atoms with E-state index in [1.807, 2.05) is 0 Å². The van der Waals surface area contributed by atoms with Crippen molar-refractivity contribution < 1.29 is 9.59 Å². The Morgan fingerprint density at radius 2 is 1.85 bits per heavy atom. The number of carbonyl (C=O) groups is 2. The van der Waals surface area contributed by atoms with Crippen LogP contribution in [0.25, 0.3) is 0 Å². The zero-order valence-electron chi connectivity index (χ0n) is 10.8. The van der Waals surface area contributed by atoms with E-state index < -0.39 is 0 Å². The highest BCUT2D eigenvalue weighted by Gasteiger charge is 2.12. The molecule has 1 amide bonds. The van der Waals surface area contributed by atoms with Crippen molar-refractivity contribution >= 4 is 34.7 Å². The van der Waals surface area contributed by atoms with Crippen molar-refractivity contribution in [3.05, 3.63) is 58.6 Å². The Bertz CT molecular complexity index is 683. The van der Waals surface area contributed by atoms with E-state index in [2.05, 4.69) is 5.32 Å². The molecule has 0 aromatic heterocycles. The monoisotopic (exact) mass is 288 g/mol. The minimum Gasteiger partial charge on any atom is -0.398 e. The number of nitrogens with one attached hydrogen (secondary N) is 1. The molecule has 0 heterocycles. The lowest BCUT2D eigenvalue weighted by molar-refractivity contribution is 0.101. The third kappa shape index (κ3) is 2.97. The number of para-hydroxylation sites is 1. The first-order valence-corrected chi connectivity index (χ1v) is 6.33. The van der Waals surface area contributed by atoms with E-state index in [9.17, 15) is 9.59 Å². The number of Topliss-reactive ketones (excluding diaryl/α,β-unsaturated/α-hetero) is 1. The molecule has 0 atom stereocenters. The summed E-state index contributed by atoms with van der Waals surface area (Å²) in [7, 11) is 0. The van der Waals surface area contributed by atoms with E-state index >= 15 is 0 Å². The van der Waals surface area contributed by atoms with Crippen LogP contribution in [-0.2, 0) is 0 Å². The maximum absolute atomic E-state index is 12.1. The molecule has 0 radical (unpaired) electrons. The van der Waals surface area contributed by atoms with Gasteiger partial charge in [-0.1, -0.05) is 23.7 Å². The van der Waals surface area contributed by atoms with Gasteiger partial charge in [0.05, 0.1) is 16.4 Å². The van der Waals surface area contributed by atoms with Crippen LogP contribution in [0.4, 0.5) is 11.4 Å². The Kier molecular flexibility index (Phi) is 4.05. The van der Waals surface area contributed by atoms with Crippen LogP contribution in [0.5, 0.6) is 0 Å². The summed E-state index contributed by atoms with van der Waals surface area (Å²) in [6.45, 7) is 1.45. The highest BCUT2D eigenvalue weighted by Crippen LogP contribution is 2.21. The fraction of sp³-hybridized carbons (Fsp3) is 0.0667. The molecular formula is C15H13ClN2O2. The number of nitrogen functional groups attached to an aromatic ring is 1. The zero-order chi connectivity index (χ0) is 14.7. The van der Waals surface area contributed by atoms with Gasteiger partial charge in [-0.25, -0.2) is 0 Å². The molecule has 0 spiro atoms. The van der Waals surface area contributed by atoms with Gasteiger partial charge in [-0.05, 0) is 37.3 Å². The van der Waals surface area contributed by atoms with Crippen molar-refractivity contribution in [2.24, 2.45) is 0 Å². The number of rotatable bonds is 3. The average molecular weight is 289 g/mol. The van der Waals surface area contributed by atoms with E-state index in [4.69, 9.17) is 17.3 Å². The molecule has 2 aromatic carbocycles. The van der Waals surface area contributed by atoms with Gasteiger partial charge in [-0.3, -0.25) is 9.59 Å². The summed E-state index contributed by atoms with van der Waals surface area (Å²) in [5.74, 6) is -0.460. The second-order valence-corrected chi connectivity index (χ2v) is 4.70. The van der Waals surface area contributed by atoms with Gasteiger partial charge >= 0.3 is 0 Å². The number of hydrogen-bond donors (Lipinski definition) is 2. The quantitative estimate of drug-likeness (QED) is 0.672. The lowest BCUT2D eigenvalue weighted by Crippen LogP contribution is -2.14. The zero-order valence-corrected chi connectivity index (χ0v) is 11.6. The lowest BCUT2D eigenvalue weighted by Gasteiger charge is -2.09. The summed E-state index contributed by atoms with van der Waals surface area (Å²) in [6.07, 6.45) is 0. The first-order chi connectivity index (χ1) is 9.49. The van der Waals surface area contributed by atoms with Crippen molar-refractivity contribution in [2.75, 3.05) is 11.1 Å². The fourth-order valence-corrected chi connectivity index (χ4v) is 1.90. The normalized spacial score (nSPS) is 10.1. The second kappa shape index (κ2) is 5.75. The maximum atomic E-state index is 12.1. The second-order valence-electron chi connectivity index (χ2n) is 4.29. The summed E-state index contributed by atoms with van der Waals surface area (Å²) < 4.78 is 0. The number of nitrogens with two attached hydrogens (primary N) is 1. The predicted molar refractivity (Wildman–Crippen MR) is 80.3 cm³/mol. The smallest absolute Gasteiger partial charge is 0.255 e. The van der Waals surface area contributed by atoms with Crippen molar-refractivity contribution in [3.63, 3.8) is 0 Å². The molecule has 4 nitrogen and oxygen atoms in total. The van der Waals surface area contributed by atoms with Crippen LogP contribution < -0.4 is 11.1 Å². The molecule has 0 aliphatic carbocycles. The molecule has 20 heavy (non-hydrogen) atoms. The Labute approximate surface area is 121 Å². The third-order valence-corrected chi connectivity index (χ3v) is 3.16. The van der Waals surface area contributed by atoms with E-state index in [0.29, 0.717) is 27.5 Å². The number of halogens is 1. The van der Waals surface area contributed by atoms with Crippen molar-refractivity contribution in [1.82, 2.24) is 0 Å². The molecule has 3 N–H and O–H groups in total. The van der Waals surface area contributed by atoms with Crippen LogP contribution in [0.15, 0.2) is 42.5 Å². The van der Waals surface area contributed by atoms with Crippen LogP contribution in [0.2, 0.25) is 5.02 Å². The van der Waals surface area contributed by atoms with Crippen LogP contribution in [0, 0.1) is 0 Å². The number of carbonyl (C=O) groups excluding carboxylic acids is 2. The number of hydrogen-bond acceptors (Lipinski definition) is 3. The van der Waals surface area contributed by atoms with E-state index in [1.165, 1.54) is 13.0 Å². The minimum absolute atomic E-state index is 0.114. The van der Waals surface area contributed by atoms with E-state index in [-0.39, 0.29) is 11.7 Å². The van der Waals surface area contributed by atoms with Gasteiger partial charge in [0.2, 0.25) is 0 Å². The maximum Gasteiger partial charge on any atom is 0.255 e. The topological polar surface area (TPSA) is 72.2 Å². The molecule has 2 rings (SSSR count). The van der Waals surface area contributed by atoms with Crippen LogP contribution in [0.3, 0.4) is 0 Å². The fourth-order valence-electron chi connectivity index (χ4n) is 1.78. The number of anilines is 2. The Morgan fingerprint density at radius 3 is 2.50 bits per heavy atom. The van der Waals surface area contributed by atoms with Gasteiger partial charge in [0.15, 0.2) is 5.78 Å². The number of amides is 1. The van der Waals surface area contributed by atoms with Gasteiger partial charge in [-0.2, -0.15) is 0 Å². The molecular weight excluding hydrogens is 276 g/mol. The summed E-state index contributed by atoms with van der Waals surface area (Å²) >= 11 is 5.81. The van der Waals surface area contributed by atoms with Gasteiger partial charge < -0.3 is 11.1 Å². The average Bonchev–Trinajstić information content (AvgIpc) is 2.42. The van der Waals surface area contributed by atoms with E-state index in [0.717, 1.165) is 0 Å². The molecule has 2 aromatic rings. The predicted octanol–water partition coefficient (Wildman–Crippen LogP) is 3.38. The molecule has 0 fully saturated rings. The Balaban J connectivity index is 2.28. The van der Waals surface area contributed by atoms with Crippen molar-refractivity contribution in [3.8, 4) is 0 Å². The van der Waals surface area contributed by atoms with Crippen molar-refractivity contribution in [2.45, 2.75) is 6.92 Å². The Morgan fingerprint density at radius 1 is 1.15 bits per heavy atom. The SMILES string of the molecule is CC(=O)c1ccccc1NC(=O)c1ccc(Cl)c(N)c1. The molecule has 0 aliphatic rings. The third-order valence-electron chi connectivity index (χ3n) is 2.81. The van der Waals surface area contributed by atoms with Crippen molar-refractivity contribution in [1.29, 1.82) is 0 Å². The largest absolute Gasteiger partial charge is 0.398 e. The van der Waals surface area contributed by atoms with Gasteiger partial charge in [0.1, 0.15) is 0 Å². The highest BCUT2D eigenvalue weighted by molar-refractivity contribution is 6.33. The number of benzene rings is 2.